The topological polar surface area (TPSA) is 68.7 Å². The molecular weight excluding hydrogens is 316 g/mol. The van der Waals surface area contributed by atoms with Crippen LogP contribution >= 0.6 is 0 Å². The van der Waals surface area contributed by atoms with Gasteiger partial charge in [-0.15, -0.1) is 0 Å². The van der Waals surface area contributed by atoms with Gasteiger partial charge in [-0.25, -0.2) is 18.3 Å². The molecule has 2 fully saturated rings. The number of hydrogen-bond donors (Lipinski definition) is 1. The summed E-state index contributed by atoms with van der Waals surface area (Å²) in [5, 5.41) is 4.26. The predicted molar refractivity (Wildman–Crippen MR) is 84.8 cm³/mol. The summed E-state index contributed by atoms with van der Waals surface area (Å²) in [5.41, 5.74) is 7.56. The molecule has 0 spiro atoms. The third-order valence-corrected chi connectivity index (χ3v) is 5.00. The quantitative estimate of drug-likeness (QED) is 0.929. The van der Waals surface area contributed by atoms with Gasteiger partial charge in [-0.2, -0.15) is 5.10 Å². The summed E-state index contributed by atoms with van der Waals surface area (Å²) in [5.74, 6) is -1.85. The van der Waals surface area contributed by atoms with Crippen LogP contribution < -0.4 is 5.73 Å². The van der Waals surface area contributed by atoms with Gasteiger partial charge < -0.3 is 10.5 Å². The van der Waals surface area contributed by atoms with Crippen molar-refractivity contribution in [1.29, 1.82) is 0 Å². The molecule has 0 bridgehead atoms. The van der Waals surface area contributed by atoms with Gasteiger partial charge in [0.2, 0.25) is 0 Å². The van der Waals surface area contributed by atoms with Crippen molar-refractivity contribution in [2.45, 2.75) is 37.9 Å². The number of alkyl halides is 2. The standard InChI is InChI=1S/C16H21F2N5O/c1-10-6-11(7-22-5-4-16(17,18)8-22)24-14(10)12-2-3-13-15(19)20-9-21-23(12)13/h2-3,9-11,14H,4-8H2,1H3,(H2,19,20,21)/t10?,11-,14+/m0/s1. The van der Waals surface area contributed by atoms with Crippen LogP contribution in [0.3, 0.4) is 0 Å². The third-order valence-electron chi connectivity index (χ3n) is 5.00. The van der Waals surface area contributed by atoms with Gasteiger partial charge in [0.05, 0.1) is 18.3 Å². The molecule has 0 saturated carbocycles. The molecule has 0 aliphatic carbocycles. The lowest BCUT2D eigenvalue weighted by molar-refractivity contribution is -0.00630. The van der Waals surface area contributed by atoms with Gasteiger partial charge in [0.15, 0.2) is 5.82 Å². The van der Waals surface area contributed by atoms with Gasteiger partial charge in [-0.05, 0) is 24.5 Å². The Kier molecular flexibility index (Phi) is 3.69. The van der Waals surface area contributed by atoms with E-state index in [0.717, 1.165) is 17.6 Å². The Bertz CT molecular complexity index is 749. The van der Waals surface area contributed by atoms with Crippen molar-refractivity contribution >= 4 is 11.3 Å². The Balaban J connectivity index is 1.50. The van der Waals surface area contributed by atoms with Gasteiger partial charge >= 0.3 is 0 Å². The molecule has 24 heavy (non-hydrogen) atoms. The smallest absolute Gasteiger partial charge is 0.261 e. The molecule has 2 saturated heterocycles. The normalized spacial score (nSPS) is 30.4. The second kappa shape index (κ2) is 5.63. The summed E-state index contributed by atoms with van der Waals surface area (Å²) >= 11 is 0. The van der Waals surface area contributed by atoms with Crippen molar-refractivity contribution in [3.63, 3.8) is 0 Å². The number of rotatable bonds is 3. The van der Waals surface area contributed by atoms with E-state index >= 15 is 0 Å². The second-order valence-electron chi connectivity index (χ2n) is 6.93. The molecule has 2 N–H and O–H groups in total. The highest BCUT2D eigenvalue weighted by Crippen LogP contribution is 2.39. The zero-order chi connectivity index (χ0) is 16.9. The number of nitrogen functional groups attached to an aromatic ring is 1. The number of ether oxygens (including phenoxy) is 1. The zero-order valence-electron chi connectivity index (χ0n) is 13.5. The molecule has 2 aliphatic rings. The van der Waals surface area contributed by atoms with Crippen molar-refractivity contribution in [3.8, 4) is 0 Å². The Hall–Kier alpha value is -1.80. The second-order valence-corrected chi connectivity index (χ2v) is 6.93. The molecule has 4 rings (SSSR count). The molecule has 0 amide bonds. The molecule has 0 aromatic carbocycles. The summed E-state index contributed by atoms with van der Waals surface area (Å²) in [7, 11) is 0. The van der Waals surface area contributed by atoms with E-state index in [4.69, 9.17) is 10.5 Å². The van der Waals surface area contributed by atoms with Crippen LogP contribution in [0.5, 0.6) is 0 Å². The summed E-state index contributed by atoms with van der Waals surface area (Å²) in [6.07, 6.45) is 2.06. The van der Waals surface area contributed by atoms with Crippen LogP contribution in [0.4, 0.5) is 14.6 Å². The van der Waals surface area contributed by atoms with Gasteiger partial charge in [-0.1, -0.05) is 6.92 Å². The fourth-order valence-electron chi connectivity index (χ4n) is 3.85. The Morgan fingerprint density at radius 1 is 1.42 bits per heavy atom. The lowest BCUT2D eigenvalue weighted by atomic mass is 9.99. The van der Waals surface area contributed by atoms with Crippen molar-refractivity contribution < 1.29 is 13.5 Å². The summed E-state index contributed by atoms with van der Waals surface area (Å²) in [6.45, 7) is 2.94. The number of fused-ring (bicyclic) bond motifs is 1. The fraction of sp³-hybridized carbons (Fsp3) is 0.625. The van der Waals surface area contributed by atoms with Crippen LogP contribution in [0, 0.1) is 5.92 Å². The van der Waals surface area contributed by atoms with Crippen molar-refractivity contribution in [3.05, 3.63) is 24.2 Å². The van der Waals surface area contributed by atoms with Gasteiger partial charge in [0.1, 0.15) is 17.9 Å². The summed E-state index contributed by atoms with van der Waals surface area (Å²) < 4.78 is 34.6. The molecular formula is C16H21F2N5O. The Morgan fingerprint density at radius 2 is 2.25 bits per heavy atom. The maximum Gasteiger partial charge on any atom is 0.261 e. The van der Waals surface area contributed by atoms with Crippen molar-refractivity contribution in [2.24, 2.45) is 5.92 Å². The average molecular weight is 337 g/mol. The van der Waals surface area contributed by atoms with E-state index in [1.165, 1.54) is 6.33 Å². The minimum Gasteiger partial charge on any atom is -0.382 e. The first-order valence-corrected chi connectivity index (χ1v) is 8.27. The van der Waals surface area contributed by atoms with E-state index < -0.39 is 5.92 Å². The highest BCUT2D eigenvalue weighted by atomic mass is 19.3. The zero-order valence-corrected chi connectivity index (χ0v) is 13.5. The van der Waals surface area contributed by atoms with Crippen LogP contribution in [0.2, 0.25) is 0 Å². The SMILES string of the molecule is CC1C[C@@H](CN2CCC(F)(F)C2)O[C@H]1c1ccc2c(N)ncnn12. The third kappa shape index (κ3) is 2.73. The Labute approximate surface area is 138 Å². The minimum atomic E-state index is -2.56. The molecule has 1 unspecified atom stereocenters. The largest absolute Gasteiger partial charge is 0.382 e. The molecule has 2 aromatic heterocycles. The number of nitrogens with two attached hydrogens (primary N) is 1. The molecule has 130 valence electrons. The number of hydrogen-bond acceptors (Lipinski definition) is 5. The van der Waals surface area contributed by atoms with E-state index in [-0.39, 0.29) is 31.1 Å². The molecule has 8 heteroatoms. The molecule has 4 heterocycles. The molecule has 2 aromatic rings. The van der Waals surface area contributed by atoms with Crippen molar-refractivity contribution in [2.75, 3.05) is 25.4 Å². The summed E-state index contributed by atoms with van der Waals surface area (Å²) in [4.78, 5) is 5.79. The number of likely N-dealkylation sites (tertiary alicyclic amines) is 1. The molecule has 2 aliphatic heterocycles. The van der Waals surface area contributed by atoms with Crippen LogP contribution in [0.25, 0.3) is 5.52 Å². The van der Waals surface area contributed by atoms with Crippen LogP contribution in [-0.4, -0.2) is 51.2 Å². The van der Waals surface area contributed by atoms with Crippen LogP contribution in [0.1, 0.15) is 31.6 Å². The van der Waals surface area contributed by atoms with Gasteiger partial charge in [-0.3, -0.25) is 4.90 Å². The molecule has 6 nitrogen and oxygen atoms in total. The first kappa shape index (κ1) is 15.7. The van der Waals surface area contributed by atoms with E-state index in [9.17, 15) is 8.78 Å². The number of nitrogens with zero attached hydrogens (tertiary/aromatic N) is 4. The lowest BCUT2D eigenvalue weighted by Crippen LogP contribution is -2.32. The first-order valence-electron chi connectivity index (χ1n) is 8.27. The van der Waals surface area contributed by atoms with Gasteiger partial charge in [0, 0.05) is 19.5 Å². The minimum absolute atomic E-state index is 0.0383. The molecule has 0 radical (unpaired) electrons. The predicted octanol–water partition coefficient (Wildman–Crippen LogP) is 2.12. The number of anilines is 1. The summed E-state index contributed by atoms with van der Waals surface area (Å²) in [6, 6.07) is 3.84. The number of halogens is 2. The van der Waals surface area contributed by atoms with Crippen LogP contribution in [-0.2, 0) is 4.74 Å². The average Bonchev–Trinajstić information content (AvgIpc) is 3.17. The van der Waals surface area contributed by atoms with E-state index in [1.54, 1.807) is 9.42 Å². The van der Waals surface area contributed by atoms with E-state index in [0.29, 0.717) is 18.9 Å². The Morgan fingerprint density at radius 3 is 3.00 bits per heavy atom. The maximum atomic E-state index is 13.3. The van der Waals surface area contributed by atoms with Crippen LogP contribution in [0.15, 0.2) is 18.5 Å². The first-order chi connectivity index (χ1) is 11.4. The van der Waals surface area contributed by atoms with Crippen molar-refractivity contribution in [1.82, 2.24) is 19.5 Å². The van der Waals surface area contributed by atoms with Gasteiger partial charge in [0.25, 0.3) is 5.92 Å². The highest BCUT2D eigenvalue weighted by Gasteiger charge is 2.41. The number of aromatic nitrogens is 3. The lowest BCUT2D eigenvalue weighted by Gasteiger charge is -2.20. The highest BCUT2D eigenvalue weighted by molar-refractivity contribution is 5.65. The maximum absolute atomic E-state index is 13.3. The fourth-order valence-corrected chi connectivity index (χ4v) is 3.85. The van der Waals surface area contributed by atoms with E-state index in [1.807, 2.05) is 12.1 Å². The molecule has 3 atom stereocenters. The monoisotopic (exact) mass is 337 g/mol. The van der Waals surface area contributed by atoms with E-state index in [2.05, 4.69) is 17.0 Å².